The van der Waals surface area contributed by atoms with E-state index in [2.05, 4.69) is 22.1 Å². The smallest absolute Gasteiger partial charge is 0.194 e. The van der Waals surface area contributed by atoms with Crippen LogP contribution in [0.1, 0.15) is 24.2 Å². The Bertz CT molecular complexity index is 599. The Morgan fingerprint density at radius 3 is 2.50 bits per heavy atom. The van der Waals surface area contributed by atoms with Gasteiger partial charge in [0.2, 0.25) is 0 Å². The van der Waals surface area contributed by atoms with Gasteiger partial charge in [-0.25, -0.2) is 4.98 Å². The van der Waals surface area contributed by atoms with Crippen molar-refractivity contribution in [2.75, 3.05) is 0 Å². The van der Waals surface area contributed by atoms with E-state index in [9.17, 15) is 0 Å². The summed E-state index contributed by atoms with van der Waals surface area (Å²) < 4.78 is 2.47. The van der Waals surface area contributed by atoms with Crippen molar-refractivity contribution in [3.63, 3.8) is 0 Å². The topological polar surface area (TPSA) is 46.5 Å². The molecule has 1 atom stereocenters. The van der Waals surface area contributed by atoms with E-state index in [1.165, 1.54) is 0 Å². The molecule has 0 saturated heterocycles. The second-order valence-electron chi connectivity index (χ2n) is 4.16. The van der Waals surface area contributed by atoms with Crippen LogP contribution in [0.15, 0.2) is 12.1 Å². The molecule has 0 aliphatic rings. The lowest BCUT2D eigenvalue weighted by molar-refractivity contribution is 0.678. The van der Waals surface area contributed by atoms with Gasteiger partial charge in [0.05, 0.1) is 0 Å². The summed E-state index contributed by atoms with van der Waals surface area (Å²) in [6.45, 7) is 2.08. The van der Waals surface area contributed by atoms with Crippen LogP contribution in [0.4, 0.5) is 0 Å². The van der Waals surface area contributed by atoms with Gasteiger partial charge in [0, 0.05) is 13.5 Å². The van der Waals surface area contributed by atoms with E-state index in [1.807, 2.05) is 23.7 Å². The summed E-state index contributed by atoms with van der Waals surface area (Å²) in [5.41, 5.74) is 1.04. The minimum atomic E-state index is 0.229. The Labute approximate surface area is 120 Å². The van der Waals surface area contributed by atoms with Crippen LogP contribution in [-0.2, 0) is 13.5 Å². The van der Waals surface area contributed by atoms with Gasteiger partial charge in [0.1, 0.15) is 16.1 Å². The van der Waals surface area contributed by atoms with E-state index in [0.717, 1.165) is 17.8 Å². The molecule has 2 heterocycles. The molecule has 0 bridgehead atoms. The van der Waals surface area contributed by atoms with Gasteiger partial charge >= 0.3 is 0 Å². The highest BCUT2D eigenvalue weighted by Gasteiger charge is 2.12. The van der Waals surface area contributed by atoms with Gasteiger partial charge in [0.15, 0.2) is 4.77 Å². The number of aromatic amines is 1. The lowest BCUT2D eigenvalue weighted by Crippen LogP contribution is -2.05. The van der Waals surface area contributed by atoms with Crippen molar-refractivity contribution in [1.29, 1.82) is 0 Å². The number of hydrogen-bond acceptors (Lipinski definition) is 3. The lowest BCUT2D eigenvalue weighted by Gasteiger charge is -2.11. The van der Waals surface area contributed by atoms with Crippen LogP contribution in [0.25, 0.3) is 0 Å². The molecule has 1 N–H and O–H groups in total. The fourth-order valence-corrected chi connectivity index (χ4v) is 2.35. The van der Waals surface area contributed by atoms with Crippen molar-refractivity contribution in [3.8, 4) is 0 Å². The van der Waals surface area contributed by atoms with Crippen LogP contribution in [0, 0.1) is 4.77 Å². The van der Waals surface area contributed by atoms with Crippen molar-refractivity contribution in [3.05, 3.63) is 38.6 Å². The summed E-state index contributed by atoms with van der Waals surface area (Å²) in [6.07, 6.45) is 0.750. The summed E-state index contributed by atoms with van der Waals surface area (Å²) in [6, 6.07) is 3.64. The maximum absolute atomic E-state index is 5.89. The minimum Gasteiger partial charge on any atom is -0.307 e. The molecule has 2 aromatic heterocycles. The molecule has 2 rings (SSSR count). The first-order valence-electron chi connectivity index (χ1n) is 5.40. The average Bonchev–Trinajstić information content (AvgIpc) is 2.59. The Morgan fingerprint density at radius 1 is 1.39 bits per heavy atom. The van der Waals surface area contributed by atoms with Gasteiger partial charge in [0.25, 0.3) is 0 Å². The van der Waals surface area contributed by atoms with Crippen LogP contribution in [0.5, 0.6) is 0 Å². The molecule has 0 aliphatic heterocycles. The highest BCUT2D eigenvalue weighted by molar-refractivity contribution is 7.71. The molecule has 0 fully saturated rings. The molecule has 0 amide bonds. The molecule has 0 unspecified atom stereocenters. The SMILES string of the molecule is C[C@@H](Cc1n[nH]c(=S)n1C)c1cc(Cl)nc(Cl)c1. The van der Waals surface area contributed by atoms with Crippen LogP contribution in [-0.4, -0.2) is 19.7 Å². The number of nitrogens with zero attached hydrogens (tertiary/aromatic N) is 3. The number of pyridine rings is 1. The van der Waals surface area contributed by atoms with Gasteiger partial charge in [-0.3, -0.25) is 5.10 Å². The number of hydrogen-bond donors (Lipinski definition) is 1. The second-order valence-corrected chi connectivity index (χ2v) is 5.32. The van der Waals surface area contributed by atoms with Crippen LogP contribution in [0.3, 0.4) is 0 Å². The normalized spacial score (nSPS) is 12.7. The van der Waals surface area contributed by atoms with Gasteiger partial charge < -0.3 is 4.57 Å². The quantitative estimate of drug-likeness (QED) is 0.697. The van der Waals surface area contributed by atoms with E-state index in [1.54, 1.807) is 0 Å². The number of H-pyrrole nitrogens is 1. The Morgan fingerprint density at radius 2 is 2.00 bits per heavy atom. The first-order valence-corrected chi connectivity index (χ1v) is 6.57. The van der Waals surface area contributed by atoms with Crippen molar-refractivity contribution in [2.24, 2.45) is 7.05 Å². The lowest BCUT2D eigenvalue weighted by atomic mass is 9.99. The fraction of sp³-hybridized carbons (Fsp3) is 0.364. The maximum atomic E-state index is 5.89. The third kappa shape index (κ3) is 2.91. The zero-order chi connectivity index (χ0) is 13.3. The van der Waals surface area contributed by atoms with Crippen molar-refractivity contribution in [1.82, 2.24) is 19.7 Å². The molecule has 7 heteroatoms. The van der Waals surface area contributed by atoms with E-state index >= 15 is 0 Å². The molecule has 0 aromatic carbocycles. The molecular weight excluding hydrogens is 291 g/mol. The Hall–Kier alpha value is -0.910. The first-order chi connectivity index (χ1) is 8.47. The first kappa shape index (κ1) is 13.5. The summed E-state index contributed by atoms with van der Waals surface area (Å²) >= 11 is 16.9. The molecule has 18 heavy (non-hydrogen) atoms. The zero-order valence-corrected chi connectivity index (χ0v) is 12.3. The van der Waals surface area contributed by atoms with Crippen LogP contribution < -0.4 is 0 Å². The standard InChI is InChI=1S/C11H12Cl2N4S/c1-6(3-10-15-16-11(18)17(10)2)7-4-8(12)14-9(13)5-7/h4-6H,3H2,1-2H3,(H,16,18)/t6-/m0/s1. The summed E-state index contributed by atoms with van der Waals surface area (Å²) in [7, 11) is 1.89. The number of nitrogens with one attached hydrogen (secondary N) is 1. The summed E-state index contributed by atoms with van der Waals surface area (Å²) in [5.74, 6) is 1.13. The Kier molecular flexibility index (Phi) is 4.04. The summed E-state index contributed by atoms with van der Waals surface area (Å²) in [5, 5.41) is 7.76. The fourth-order valence-electron chi connectivity index (χ4n) is 1.72. The number of rotatable bonds is 3. The van der Waals surface area contributed by atoms with Crippen LogP contribution in [0.2, 0.25) is 10.3 Å². The molecule has 2 aromatic rings. The monoisotopic (exact) mass is 302 g/mol. The Balaban J connectivity index is 2.24. The van der Waals surface area contributed by atoms with Gasteiger partial charge in [-0.15, -0.1) is 0 Å². The van der Waals surface area contributed by atoms with Gasteiger partial charge in [-0.2, -0.15) is 5.10 Å². The van der Waals surface area contributed by atoms with E-state index < -0.39 is 0 Å². The van der Waals surface area contributed by atoms with E-state index in [4.69, 9.17) is 35.4 Å². The molecule has 0 spiro atoms. The molecule has 0 aliphatic carbocycles. The molecule has 0 saturated carbocycles. The van der Waals surface area contributed by atoms with Gasteiger partial charge in [-0.05, 0) is 35.8 Å². The van der Waals surface area contributed by atoms with Crippen molar-refractivity contribution < 1.29 is 0 Å². The zero-order valence-electron chi connectivity index (χ0n) is 9.94. The van der Waals surface area contributed by atoms with Gasteiger partial charge in [-0.1, -0.05) is 30.1 Å². The molecular formula is C11H12Cl2N4S. The average molecular weight is 303 g/mol. The van der Waals surface area contributed by atoms with Crippen molar-refractivity contribution >= 4 is 35.4 Å². The number of halogens is 2. The highest BCUT2D eigenvalue weighted by Crippen LogP contribution is 2.24. The second kappa shape index (κ2) is 5.38. The third-order valence-corrected chi connectivity index (χ3v) is 3.57. The minimum absolute atomic E-state index is 0.229. The molecule has 96 valence electrons. The third-order valence-electron chi connectivity index (χ3n) is 2.82. The predicted octanol–water partition coefficient (Wildman–Crippen LogP) is 3.53. The predicted molar refractivity (Wildman–Crippen MR) is 74.8 cm³/mol. The molecule has 4 nitrogen and oxygen atoms in total. The van der Waals surface area contributed by atoms with E-state index in [0.29, 0.717) is 15.1 Å². The summed E-state index contributed by atoms with van der Waals surface area (Å²) in [4.78, 5) is 3.93. The largest absolute Gasteiger partial charge is 0.307 e. The van der Waals surface area contributed by atoms with Crippen LogP contribution >= 0.6 is 35.4 Å². The van der Waals surface area contributed by atoms with Crippen molar-refractivity contribution in [2.45, 2.75) is 19.3 Å². The molecule has 0 radical (unpaired) electrons. The number of aromatic nitrogens is 4. The maximum Gasteiger partial charge on any atom is 0.194 e. The highest BCUT2D eigenvalue weighted by atomic mass is 35.5. The van der Waals surface area contributed by atoms with E-state index in [-0.39, 0.29) is 5.92 Å².